The van der Waals surface area contributed by atoms with E-state index in [1.807, 2.05) is 0 Å². The molecule has 0 saturated heterocycles. The zero-order valence-electron chi connectivity index (χ0n) is 12.9. The van der Waals surface area contributed by atoms with Crippen molar-refractivity contribution in [2.75, 3.05) is 5.32 Å². The van der Waals surface area contributed by atoms with Gasteiger partial charge in [0.1, 0.15) is 0 Å². The van der Waals surface area contributed by atoms with Gasteiger partial charge in [0.25, 0.3) is 0 Å². The molecule has 0 atom stereocenters. The number of nitrogens with one attached hydrogen (secondary N) is 1. The maximum absolute atomic E-state index is 3.79. The van der Waals surface area contributed by atoms with Crippen molar-refractivity contribution in [1.29, 1.82) is 0 Å². The van der Waals surface area contributed by atoms with Crippen molar-refractivity contribution < 1.29 is 0 Å². The highest BCUT2D eigenvalue weighted by molar-refractivity contribution is 9.10. The molecular weight excluding hydrogens is 322 g/mol. The van der Waals surface area contributed by atoms with Gasteiger partial charge in [-0.3, -0.25) is 0 Å². The average molecular weight is 346 g/mol. The molecule has 2 heteroatoms. The molecule has 2 aromatic carbocycles. The predicted molar refractivity (Wildman–Crippen MR) is 95.9 cm³/mol. The number of hydrogen-bond donors (Lipinski definition) is 1. The molecule has 0 unspecified atom stereocenters. The highest BCUT2D eigenvalue weighted by atomic mass is 79.9. The summed E-state index contributed by atoms with van der Waals surface area (Å²) in [5.41, 5.74) is 1.28. The highest BCUT2D eigenvalue weighted by Crippen LogP contribution is 2.34. The minimum Gasteiger partial charge on any atom is -0.382 e. The lowest BCUT2D eigenvalue weighted by molar-refractivity contribution is 0.267. The fourth-order valence-electron chi connectivity index (χ4n) is 3.54. The van der Waals surface area contributed by atoms with Crippen LogP contribution in [0.2, 0.25) is 0 Å². The lowest BCUT2D eigenvalue weighted by Gasteiger charge is -2.32. The SMILES string of the molecule is CC(C)C1CCC(Nc2ccc(Br)c3ccccc23)CC1. The number of rotatable bonds is 3. The van der Waals surface area contributed by atoms with E-state index in [4.69, 9.17) is 0 Å². The second-order valence-electron chi connectivity index (χ2n) is 6.64. The first kappa shape index (κ1) is 14.9. The van der Waals surface area contributed by atoms with Crippen LogP contribution in [-0.2, 0) is 0 Å². The summed E-state index contributed by atoms with van der Waals surface area (Å²) in [4.78, 5) is 0. The van der Waals surface area contributed by atoms with Crippen LogP contribution in [0.15, 0.2) is 40.9 Å². The van der Waals surface area contributed by atoms with Crippen molar-refractivity contribution in [3.8, 4) is 0 Å². The standard InChI is InChI=1S/C19H24BrN/c1-13(2)14-7-9-15(10-8-14)21-19-12-11-18(20)16-5-3-4-6-17(16)19/h3-6,11-15,21H,7-10H2,1-2H3. The van der Waals surface area contributed by atoms with Crippen LogP contribution < -0.4 is 5.32 Å². The Morgan fingerprint density at radius 1 is 0.952 bits per heavy atom. The van der Waals surface area contributed by atoms with Crippen LogP contribution in [-0.4, -0.2) is 6.04 Å². The summed E-state index contributed by atoms with van der Waals surface area (Å²) in [6, 6.07) is 13.6. The lowest BCUT2D eigenvalue weighted by Crippen LogP contribution is -2.27. The van der Waals surface area contributed by atoms with Crippen molar-refractivity contribution in [2.24, 2.45) is 11.8 Å². The number of benzene rings is 2. The van der Waals surface area contributed by atoms with E-state index in [9.17, 15) is 0 Å². The molecule has 1 aliphatic rings. The van der Waals surface area contributed by atoms with Crippen LogP contribution in [0.4, 0.5) is 5.69 Å². The molecule has 3 rings (SSSR count). The van der Waals surface area contributed by atoms with E-state index in [1.54, 1.807) is 0 Å². The van der Waals surface area contributed by atoms with E-state index in [0.29, 0.717) is 6.04 Å². The molecule has 1 fully saturated rings. The van der Waals surface area contributed by atoms with Gasteiger partial charge < -0.3 is 5.32 Å². The Balaban J connectivity index is 1.76. The number of anilines is 1. The van der Waals surface area contributed by atoms with Crippen LogP contribution in [0.25, 0.3) is 10.8 Å². The zero-order valence-corrected chi connectivity index (χ0v) is 14.5. The fraction of sp³-hybridized carbons (Fsp3) is 0.474. The van der Waals surface area contributed by atoms with Crippen LogP contribution in [0.3, 0.4) is 0 Å². The van der Waals surface area contributed by atoms with Gasteiger partial charge in [0.15, 0.2) is 0 Å². The molecule has 1 N–H and O–H groups in total. The minimum absolute atomic E-state index is 0.629. The summed E-state index contributed by atoms with van der Waals surface area (Å²) < 4.78 is 1.17. The van der Waals surface area contributed by atoms with Gasteiger partial charge in [-0.05, 0) is 55.0 Å². The van der Waals surface area contributed by atoms with Gasteiger partial charge in [-0.15, -0.1) is 0 Å². The predicted octanol–water partition coefficient (Wildman–Crippen LogP) is 6.23. The summed E-state index contributed by atoms with van der Waals surface area (Å²) in [5, 5.41) is 6.40. The summed E-state index contributed by atoms with van der Waals surface area (Å²) in [7, 11) is 0. The maximum atomic E-state index is 3.79. The van der Waals surface area contributed by atoms with Crippen molar-refractivity contribution in [3.63, 3.8) is 0 Å². The second-order valence-corrected chi connectivity index (χ2v) is 7.49. The Morgan fingerprint density at radius 2 is 1.62 bits per heavy atom. The van der Waals surface area contributed by atoms with Crippen molar-refractivity contribution in [3.05, 3.63) is 40.9 Å². The number of hydrogen-bond acceptors (Lipinski definition) is 1. The Hall–Kier alpha value is -1.02. The van der Waals surface area contributed by atoms with Crippen molar-refractivity contribution in [1.82, 2.24) is 0 Å². The molecule has 21 heavy (non-hydrogen) atoms. The molecule has 2 aromatic rings. The topological polar surface area (TPSA) is 12.0 Å². The molecule has 0 spiro atoms. The van der Waals surface area contributed by atoms with Crippen molar-refractivity contribution >= 4 is 32.4 Å². The van der Waals surface area contributed by atoms with E-state index in [1.165, 1.54) is 46.6 Å². The molecule has 0 aromatic heterocycles. The largest absolute Gasteiger partial charge is 0.382 e. The van der Waals surface area contributed by atoms with Crippen LogP contribution in [0, 0.1) is 11.8 Å². The molecule has 0 radical (unpaired) electrons. The van der Waals surface area contributed by atoms with Gasteiger partial charge in [0, 0.05) is 21.6 Å². The Kier molecular flexibility index (Phi) is 4.54. The molecule has 1 aliphatic carbocycles. The smallest absolute Gasteiger partial charge is 0.0422 e. The molecular formula is C19H24BrN. The van der Waals surface area contributed by atoms with E-state index in [0.717, 1.165) is 11.8 Å². The number of fused-ring (bicyclic) bond motifs is 1. The molecule has 0 aliphatic heterocycles. The van der Waals surface area contributed by atoms with Crippen LogP contribution in [0.1, 0.15) is 39.5 Å². The van der Waals surface area contributed by atoms with Gasteiger partial charge in [-0.25, -0.2) is 0 Å². The molecule has 0 heterocycles. The number of halogens is 1. The summed E-state index contributed by atoms with van der Waals surface area (Å²) >= 11 is 3.65. The zero-order chi connectivity index (χ0) is 14.8. The second kappa shape index (κ2) is 6.39. The van der Waals surface area contributed by atoms with Crippen LogP contribution >= 0.6 is 15.9 Å². The quantitative estimate of drug-likeness (QED) is 0.695. The highest BCUT2D eigenvalue weighted by Gasteiger charge is 2.23. The third-order valence-corrected chi connectivity index (χ3v) is 5.64. The molecule has 112 valence electrons. The molecule has 0 bridgehead atoms. The first-order valence-electron chi connectivity index (χ1n) is 8.09. The van der Waals surface area contributed by atoms with E-state index in [-0.39, 0.29) is 0 Å². The average Bonchev–Trinajstić information content (AvgIpc) is 2.51. The maximum Gasteiger partial charge on any atom is 0.0422 e. The third kappa shape index (κ3) is 3.26. The van der Waals surface area contributed by atoms with Gasteiger partial charge in [0.2, 0.25) is 0 Å². The van der Waals surface area contributed by atoms with E-state index < -0.39 is 0 Å². The van der Waals surface area contributed by atoms with Crippen molar-refractivity contribution in [2.45, 2.75) is 45.6 Å². The van der Waals surface area contributed by atoms with Gasteiger partial charge in [-0.2, -0.15) is 0 Å². The lowest BCUT2D eigenvalue weighted by atomic mass is 9.79. The minimum atomic E-state index is 0.629. The van der Waals surface area contributed by atoms with Crippen LogP contribution in [0.5, 0.6) is 0 Å². The van der Waals surface area contributed by atoms with E-state index >= 15 is 0 Å². The van der Waals surface area contributed by atoms with Gasteiger partial charge >= 0.3 is 0 Å². The van der Waals surface area contributed by atoms with E-state index in [2.05, 4.69) is 71.5 Å². The van der Waals surface area contributed by atoms with Gasteiger partial charge in [-0.1, -0.05) is 54.0 Å². The normalized spacial score (nSPS) is 22.7. The first-order chi connectivity index (χ1) is 10.1. The molecule has 0 amide bonds. The Labute approximate surface area is 136 Å². The summed E-state index contributed by atoms with van der Waals surface area (Å²) in [6.45, 7) is 4.72. The summed E-state index contributed by atoms with van der Waals surface area (Å²) in [6.07, 6.45) is 5.33. The Bertz CT molecular complexity index is 612. The third-order valence-electron chi connectivity index (χ3n) is 4.95. The first-order valence-corrected chi connectivity index (χ1v) is 8.88. The van der Waals surface area contributed by atoms with Gasteiger partial charge in [0.05, 0.1) is 0 Å². The molecule has 1 saturated carbocycles. The fourth-order valence-corrected chi connectivity index (χ4v) is 4.02. The molecule has 1 nitrogen and oxygen atoms in total. The Morgan fingerprint density at radius 3 is 2.29 bits per heavy atom. The monoisotopic (exact) mass is 345 g/mol. The summed E-state index contributed by atoms with van der Waals surface area (Å²) in [5.74, 6) is 1.75.